The third kappa shape index (κ3) is 2.85. The van der Waals surface area contributed by atoms with Crippen LogP contribution in [0.25, 0.3) is 0 Å². The maximum Gasteiger partial charge on any atom is 0.404 e. The average molecular weight is 247 g/mol. The van der Waals surface area contributed by atoms with E-state index in [1.54, 1.807) is 12.1 Å². The Morgan fingerprint density at radius 1 is 1.44 bits per heavy atom. The molecule has 2 heterocycles. The Morgan fingerprint density at radius 3 is 2.67 bits per heavy atom. The van der Waals surface area contributed by atoms with Gasteiger partial charge in [-0.05, 0) is 12.1 Å². The number of amides is 1. The molecule has 1 aliphatic heterocycles. The summed E-state index contributed by atoms with van der Waals surface area (Å²) in [5, 5.41) is 16.4. The van der Waals surface area contributed by atoms with E-state index in [0.717, 1.165) is 18.9 Å². The van der Waals surface area contributed by atoms with Gasteiger partial charge < -0.3 is 15.4 Å². The summed E-state index contributed by atoms with van der Waals surface area (Å²) in [6, 6.07) is 5.32. The number of nitrogens with zero attached hydrogens (tertiary/aromatic N) is 4. The number of anilines is 1. The van der Waals surface area contributed by atoms with Crippen molar-refractivity contribution in [2.45, 2.75) is 18.9 Å². The lowest BCUT2D eigenvalue weighted by Gasteiger charge is -2.31. The second kappa shape index (κ2) is 5.31. The number of primary amides is 1. The zero-order valence-electron chi connectivity index (χ0n) is 9.74. The predicted molar refractivity (Wildman–Crippen MR) is 62.7 cm³/mol. The molecule has 1 saturated heterocycles. The summed E-state index contributed by atoms with van der Waals surface area (Å²) >= 11 is 0. The monoisotopic (exact) mass is 247 g/mol. The summed E-state index contributed by atoms with van der Waals surface area (Å²) in [6.45, 7) is 1.44. The summed E-state index contributed by atoms with van der Waals surface area (Å²) in [6.07, 6.45) is 0.576. The molecule has 94 valence electrons. The lowest BCUT2D eigenvalue weighted by molar-refractivity contribution is 0.0911. The number of ether oxygens (including phenoxy) is 1. The third-order valence-corrected chi connectivity index (χ3v) is 2.81. The lowest BCUT2D eigenvalue weighted by Crippen LogP contribution is -2.39. The fraction of sp³-hybridized carbons (Fsp3) is 0.455. The maximum absolute atomic E-state index is 10.6. The van der Waals surface area contributed by atoms with Crippen molar-refractivity contribution in [3.05, 3.63) is 17.8 Å². The van der Waals surface area contributed by atoms with Gasteiger partial charge in [0.1, 0.15) is 12.2 Å². The number of nitrogens with two attached hydrogens (primary N) is 1. The first-order valence-electron chi connectivity index (χ1n) is 5.64. The van der Waals surface area contributed by atoms with E-state index in [1.807, 2.05) is 11.0 Å². The van der Waals surface area contributed by atoms with Crippen molar-refractivity contribution in [1.82, 2.24) is 10.2 Å². The van der Waals surface area contributed by atoms with E-state index in [2.05, 4.69) is 10.2 Å². The minimum atomic E-state index is -0.730. The molecular formula is C11H13N5O2. The van der Waals surface area contributed by atoms with Crippen molar-refractivity contribution in [2.75, 3.05) is 18.0 Å². The zero-order valence-corrected chi connectivity index (χ0v) is 9.74. The number of nitriles is 1. The van der Waals surface area contributed by atoms with E-state index in [0.29, 0.717) is 18.5 Å². The van der Waals surface area contributed by atoms with Crippen molar-refractivity contribution in [1.29, 1.82) is 5.26 Å². The highest BCUT2D eigenvalue weighted by atomic mass is 16.6. The van der Waals surface area contributed by atoms with Gasteiger partial charge in [-0.15, -0.1) is 10.2 Å². The van der Waals surface area contributed by atoms with Crippen molar-refractivity contribution >= 4 is 11.9 Å². The van der Waals surface area contributed by atoms with Crippen LogP contribution in [0.4, 0.5) is 10.6 Å². The highest BCUT2D eigenvalue weighted by Crippen LogP contribution is 2.18. The number of piperidine rings is 1. The fourth-order valence-electron chi connectivity index (χ4n) is 1.92. The van der Waals surface area contributed by atoms with Gasteiger partial charge in [-0.1, -0.05) is 0 Å². The third-order valence-electron chi connectivity index (χ3n) is 2.81. The van der Waals surface area contributed by atoms with E-state index >= 15 is 0 Å². The van der Waals surface area contributed by atoms with Gasteiger partial charge in [0.15, 0.2) is 11.5 Å². The van der Waals surface area contributed by atoms with Crippen LogP contribution in [0.3, 0.4) is 0 Å². The second-order valence-corrected chi connectivity index (χ2v) is 4.01. The molecule has 0 aromatic carbocycles. The number of hydrogen-bond acceptors (Lipinski definition) is 6. The van der Waals surface area contributed by atoms with E-state index < -0.39 is 6.09 Å². The lowest BCUT2D eigenvalue weighted by atomic mass is 10.1. The number of rotatable bonds is 2. The molecule has 1 fully saturated rings. The molecule has 2 N–H and O–H groups in total. The molecule has 1 aromatic heterocycles. The normalized spacial score (nSPS) is 16.1. The minimum absolute atomic E-state index is 0.120. The topological polar surface area (TPSA) is 105 Å². The molecule has 0 unspecified atom stereocenters. The van der Waals surface area contributed by atoms with Gasteiger partial charge >= 0.3 is 6.09 Å². The number of aromatic nitrogens is 2. The molecule has 1 aliphatic rings. The fourth-order valence-corrected chi connectivity index (χ4v) is 1.92. The van der Waals surface area contributed by atoms with Crippen LogP contribution < -0.4 is 10.6 Å². The van der Waals surface area contributed by atoms with Crippen LogP contribution in [-0.2, 0) is 4.74 Å². The van der Waals surface area contributed by atoms with E-state index in [-0.39, 0.29) is 6.10 Å². The predicted octanol–water partition coefficient (Wildman–Crippen LogP) is 0.412. The standard InChI is InChI=1S/C11H13N5O2/c12-7-8-1-2-10(15-14-8)16-5-3-9(4-6-16)18-11(13)17/h1-2,9H,3-6H2,(H2,13,17). The zero-order chi connectivity index (χ0) is 13.0. The van der Waals surface area contributed by atoms with E-state index in [4.69, 9.17) is 15.7 Å². The summed E-state index contributed by atoms with van der Waals surface area (Å²) < 4.78 is 4.94. The summed E-state index contributed by atoms with van der Waals surface area (Å²) in [7, 11) is 0. The van der Waals surface area contributed by atoms with Crippen molar-refractivity contribution in [3.63, 3.8) is 0 Å². The number of carbonyl (C=O) groups excluding carboxylic acids is 1. The highest BCUT2D eigenvalue weighted by molar-refractivity contribution is 5.64. The van der Waals surface area contributed by atoms with Gasteiger partial charge in [-0.3, -0.25) is 0 Å². The van der Waals surface area contributed by atoms with Crippen LogP contribution in [0, 0.1) is 11.3 Å². The van der Waals surface area contributed by atoms with Gasteiger partial charge in [0.05, 0.1) is 0 Å². The van der Waals surface area contributed by atoms with Crippen molar-refractivity contribution < 1.29 is 9.53 Å². The molecule has 7 nitrogen and oxygen atoms in total. The molecule has 1 amide bonds. The Labute approximate surface area is 104 Å². The average Bonchev–Trinajstić information content (AvgIpc) is 2.39. The molecule has 0 atom stereocenters. The molecule has 2 rings (SSSR count). The first-order valence-corrected chi connectivity index (χ1v) is 5.64. The van der Waals surface area contributed by atoms with Gasteiger partial charge in [-0.25, -0.2) is 4.79 Å². The molecule has 0 aliphatic carbocycles. The summed E-state index contributed by atoms with van der Waals surface area (Å²) in [5.74, 6) is 0.728. The molecule has 0 bridgehead atoms. The number of carbonyl (C=O) groups is 1. The first kappa shape index (κ1) is 12.1. The largest absolute Gasteiger partial charge is 0.446 e. The molecular weight excluding hydrogens is 234 g/mol. The smallest absolute Gasteiger partial charge is 0.404 e. The minimum Gasteiger partial charge on any atom is -0.446 e. The van der Waals surface area contributed by atoms with E-state index in [1.165, 1.54) is 0 Å². The molecule has 0 spiro atoms. The maximum atomic E-state index is 10.6. The Bertz CT molecular complexity index is 459. The van der Waals surface area contributed by atoms with Crippen LogP contribution in [0.15, 0.2) is 12.1 Å². The summed E-state index contributed by atoms with van der Waals surface area (Å²) in [4.78, 5) is 12.7. The number of hydrogen-bond donors (Lipinski definition) is 1. The molecule has 1 aromatic rings. The van der Waals surface area contributed by atoms with Crippen molar-refractivity contribution in [2.24, 2.45) is 5.73 Å². The Kier molecular flexibility index (Phi) is 3.57. The molecule has 0 saturated carbocycles. The first-order chi connectivity index (χ1) is 8.69. The van der Waals surface area contributed by atoms with Gasteiger partial charge in [0.25, 0.3) is 0 Å². The highest BCUT2D eigenvalue weighted by Gasteiger charge is 2.22. The quantitative estimate of drug-likeness (QED) is 0.811. The van der Waals surface area contributed by atoms with Crippen LogP contribution in [-0.4, -0.2) is 35.5 Å². The van der Waals surface area contributed by atoms with E-state index in [9.17, 15) is 4.79 Å². The molecule has 7 heteroatoms. The van der Waals surface area contributed by atoms with Crippen LogP contribution in [0.5, 0.6) is 0 Å². The SMILES string of the molecule is N#Cc1ccc(N2CCC(OC(N)=O)CC2)nn1. The van der Waals surface area contributed by atoms with Gasteiger partial charge in [0, 0.05) is 25.9 Å². The van der Waals surface area contributed by atoms with Gasteiger partial charge in [-0.2, -0.15) is 5.26 Å². The molecule has 0 radical (unpaired) electrons. The Balaban J connectivity index is 1.93. The van der Waals surface area contributed by atoms with Crippen LogP contribution in [0.2, 0.25) is 0 Å². The molecule has 18 heavy (non-hydrogen) atoms. The van der Waals surface area contributed by atoms with Gasteiger partial charge in [0.2, 0.25) is 0 Å². The van der Waals surface area contributed by atoms with Crippen molar-refractivity contribution in [3.8, 4) is 6.07 Å². The van der Waals surface area contributed by atoms with Crippen LogP contribution in [0.1, 0.15) is 18.5 Å². The Morgan fingerprint density at radius 2 is 2.17 bits per heavy atom. The second-order valence-electron chi connectivity index (χ2n) is 4.01. The summed E-state index contributed by atoms with van der Waals surface area (Å²) in [5.41, 5.74) is 5.27. The van der Waals surface area contributed by atoms with Crippen LogP contribution >= 0.6 is 0 Å². The Hall–Kier alpha value is -2.36.